The van der Waals surface area contributed by atoms with Crippen LogP contribution < -0.4 is 5.32 Å². The first-order valence-electron chi connectivity index (χ1n) is 6.05. The number of hydrogen-bond acceptors (Lipinski definition) is 4. The average molecular weight is 276 g/mol. The first kappa shape index (κ1) is 13.5. The maximum absolute atomic E-state index is 12.0. The number of aromatic hydroxyl groups is 1. The van der Waals surface area contributed by atoms with Gasteiger partial charge in [0.05, 0.1) is 5.01 Å². The van der Waals surface area contributed by atoms with Crippen molar-refractivity contribution in [2.45, 2.75) is 20.3 Å². The van der Waals surface area contributed by atoms with E-state index in [2.05, 4.69) is 10.3 Å². The van der Waals surface area contributed by atoms with E-state index >= 15 is 0 Å². The van der Waals surface area contributed by atoms with Gasteiger partial charge in [0.25, 0.3) is 5.91 Å². The second-order valence-corrected chi connectivity index (χ2v) is 5.28. The topological polar surface area (TPSA) is 62.2 Å². The van der Waals surface area contributed by atoms with Crippen LogP contribution in [0.3, 0.4) is 0 Å². The number of hydrogen-bond donors (Lipinski definition) is 2. The Balaban J connectivity index is 1.93. The molecule has 0 fully saturated rings. The summed E-state index contributed by atoms with van der Waals surface area (Å²) in [5, 5.41) is 15.4. The van der Waals surface area contributed by atoms with E-state index in [1.54, 1.807) is 36.5 Å². The van der Waals surface area contributed by atoms with Crippen LogP contribution in [0.5, 0.6) is 5.75 Å². The zero-order chi connectivity index (χ0) is 13.8. The number of amides is 1. The van der Waals surface area contributed by atoms with E-state index in [1.165, 1.54) is 0 Å². The molecule has 0 aliphatic rings. The zero-order valence-corrected chi connectivity index (χ0v) is 11.8. The smallest absolute Gasteiger partial charge is 0.251 e. The highest BCUT2D eigenvalue weighted by Crippen LogP contribution is 2.19. The summed E-state index contributed by atoms with van der Waals surface area (Å²) in [7, 11) is 0. The molecule has 0 aliphatic carbocycles. The van der Waals surface area contributed by atoms with Crippen molar-refractivity contribution in [1.82, 2.24) is 10.3 Å². The van der Waals surface area contributed by atoms with Crippen molar-refractivity contribution in [3.05, 3.63) is 45.4 Å². The molecule has 0 saturated heterocycles. The Labute approximate surface area is 116 Å². The van der Waals surface area contributed by atoms with Gasteiger partial charge in [-0.3, -0.25) is 4.79 Å². The number of nitrogens with one attached hydrogen (secondary N) is 1. The number of nitrogens with zero attached hydrogens (tertiary/aromatic N) is 1. The van der Waals surface area contributed by atoms with Gasteiger partial charge >= 0.3 is 0 Å². The highest BCUT2D eigenvalue weighted by atomic mass is 32.1. The lowest BCUT2D eigenvalue weighted by molar-refractivity contribution is 0.0953. The van der Waals surface area contributed by atoms with Gasteiger partial charge < -0.3 is 10.4 Å². The van der Waals surface area contributed by atoms with Crippen LogP contribution in [-0.2, 0) is 6.42 Å². The quantitative estimate of drug-likeness (QED) is 0.901. The maximum atomic E-state index is 12.0. The average Bonchev–Trinajstić information content (AvgIpc) is 2.78. The SMILES string of the molecule is Cc1csc(CCNC(=O)c2cccc(O)c2C)n1. The van der Waals surface area contributed by atoms with Gasteiger partial charge in [-0.15, -0.1) is 11.3 Å². The van der Waals surface area contributed by atoms with Crippen molar-refractivity contribution in [2.24, 2.45) is 0 Å². The molecule has 0 bridgehead atoms. The molecular weight excluding hydrogens is 260 g/mol. The van der Waals surface area contributed by atoms with Crippen molar-refractivity contribution in [1.29, 1.82) is 0 Å². The van der Waals surface area contributed by atoms with E-state index in [0.29, 0.717) is 17.7 Å². The van der Waals surface area contributed by atoms with Gasteiger partial charge in [-0.2, -0.15) is 0 Å². The van der Waals surface area contributed by atoms with E-state index in [1.807, 2.05) is 12.3 Å². The van der Waals surface area contributed by atoms with Gasteiger partial charge in [-0.05, 0) is 26.0 Å². The number of thiazole rings is 1. The number of carbonyl (C=O) groups is 1. The highest BCUT2D eigenvalue weighted by Gasteiger charge is 2.10. The fourth-order valence-corrected chi connectivity index (χ4v) is 2.54. The molecule has 2 N–H and O–H groups in total. The summed E-state index contributed by atoms with van der Waals surface area (Å²) < 4.78 is 0. The summed E-state index contributed by atoms with van der Waals surface area (Å²) in [6, 6.07) is 4.95. The zero-order valence-electron chi connectivity index (χ0n) is 10.9. The molecule has 5 heteroatoms. The Morgan fingerprint density at radius 2 is 2.21 bits per heavy atom. The molecule has 1 aromatic heterocycles. The van der Waals surface area contributed by atoms with Crippen LogP contribution >= 0.6 is 11.3 Å². The monoisotopic (exact) mass is 276 g/mol. The van der Waals surface area contributed by atoms with E-state index in [4.69, 9.17) is 0 Å². The van der Waals surface area contributed by atoms with Crippen LogP contribution in [0.4, 0.5) is 0 Å². The van der Waals surface area contributed by atoms with Gasteiger partial charge in [-0.25, -0.2) is 4.98 Å². The van der Waals surface area contributed by atoms with Crippen LogP contribution in [0.1, 0.15) is 26.6 Å². The van der Waals surface area contributed by atoms with E-state index in [-0.39, 0.29) is 11.7 Å². The van der Waals surface area contributed by atoms with Gasteiger partial charge in [0.2, 0.25) is 0 Å². The molecule has 0 saturated carbocycles. The number of phenolic OH excluding ortho intramolecular Hbond substituents is 1. The molecule has 1 heterocycles. The Kier molecular flexibility index (Phi) is 4.16. The maximum Gasteiger partial charge on any atom is 0.251 e. The number of benzene rings is 1. The minimum atomic E-state index is -0.165. The minimum absolute atomic E-state index is 0.142. The highest BCUT2D eigenvalue weighted by molar-refractivity contribution is 7.09. The largest absolute Gasteiger partial charge is 0.508 e. The molecule has 4 nitrogen and oxygen atoms in total. The molecule has 0 radical (unpaired) electrons. The Morgan fingerprint density at radius 1 is 1.42 bits per heavy atom. The number of rotatable bonds is 4. The van der Waals surface area contributed by atoms with Crippen molar-refractivity contribution >= 4 is 17.2 Å². The normalized spacial score (nSPS) is 10.4. The van der Waals surface area contributed by atoms with Crippen LogP contribution in [0, 0.1) is 13.8 Å². The van der Waals surface area contributed by atoms with Crippen LogP contribution in [-0.4, -0.2) is 22.5 Å². The van der Waals surface area contributed by atoms with Crippen molar-refractivity contribution < 1.29 is 9.90 Å². The van der Waals surface area contributed by atoms with E-state index < -0.39 is 0 Å². The Bertz CT molecular complexity index is 593. The predicted octanol–water partition coefficient (Wildman–Crippen LogP) is 2.44. The molecule has 2 aromatic rings. The summed E-state index contributed by atoms with van der Waals surface area (Å²) in [5.74, 6) is -0.0233. The molecule has 0 aliphatic heterocycles. The summed E-state index contributed by atoms with van der Waals surface area (Å²) in [4.78, 5) is 16.3. The first-order valence-corrected chi connectivity index (χ1v) is 6.93. The third kappa shape index (κ3) is 3.32. The van der Waals surface area contributed by atoms with Gasteiger partial charge in [0.15, 0.2) is 0 Å². The number of phenols is 1. The molecule has 1 aromatic carbocycles. The Morgan fingerprint density at radius 3 is 2.89 bits per heavy atom. The number of carbonyl (C=O) groups excluding carboxylic acids is 1. The molecule has 19 heavy (non-hydrogen) atoms. The molecule has 2 rings (SSSR count). The molecule has 0 unspecified atom stereocenters. The Hall–Kier alpha value is -1.88. The van der Waals surface area contributed by atoms with E-state index in [0.717, 1.165) is 17.1 Å². The van der Waals surface area contributed by atoms with Gasteiger partial charge in [0, 0.05) is 35.2 Å². The predicted molar refractivity (Wildman–Crippen MR) is 75.7 cm³/mol. The van der Waals surface area contributed by atoms with Crippen molar-refractivity contribution in [2.75, 3.05) is 6.54 Å². The lowest BCUT2D eigenvalue weighted by atomic mass is 10.1. The second-order valence-electron chi connectivity index (χ2n) is 4.34. The standard InChI is InChI=1S/C14H16N2O2S/c1-9-8-19-13(16-9)6-7-15-14(18)11-4-3-5-12(17)10(11)2/h3-5,8,17H,6-7H2,1-2H3,(H,15,18). The lowest BCUT2D eigenvalue weighted by Crippen LogP contribution is -2.26. The molecule has 0 spiro atoms. The summed E-state index contributed by atoms with van der Waals surface area (Å²) >= 11 is 1.60. The third-order valence-electron chi connectivity index (χ3n) is 2.84. The van der Waals surface area contributed by atoms with Gasteiger partial charge in [-0.1, -0.05) is 6.07 Å². The van der Waals surface area contributed by atoms with Crippen LogP contribution in [0.25, 0.3) is 0 Å². The molecular formula is C14H16N2O2S. The first-order chi connectivity index (χ1) is 9.08. The second kappa shape index (κ2) is 5.84. The fraction of sp³-hybridized carbons (Fsp3) is 0.286. The number of aryl methyl sites for hydroxylation is 1. The molecule has 100 valence electrons. The fourth-order valence-electron chi connectivity index (χ4n) is 1.77. The lowest BCUT2D eigenvalue weighted by Gasteiger charge is -2.08. The summed E-state index contributed by atoms with van der Waals surface area (Å²) in [6.45, 7) is 4.23. The van der Waals surface area contributed by atoms with Crippen LogP contribution in [0.2, 0.25) is 0 Å². The minimum Gasteiger partial charge on any atom is -0.508 e. The van der Waals surface area contributed by atoms with E-state index in [9.17, 15) is 9.90 Å². The van der Waals surface area contributed by atoms with Gasteiger partial charge in [0.1, 0.15) is 5.75 Å². The van der Waals surface area contributed by atoms with Crippen molar-refractivity contribution in [3.8, 4) is 5.75 Å². The summed E-state index contributed by atoms with van der Waals surface area (Å²) in [5.41, 5.74) is 2.12. The number of aromatic nitrogens is 1. The molecule has 0 atom stereocenters. The molecule has 1 amide bonds. The third-order valence-corrected chi connectivity index (χ3v) is 3.87. The van der Waals surface area contributed by atoms with Crippen molar-refractivity contribution in [3.63, 3.8) is 0 Å². The summed E-state index contributed by atoms with van der Waals surface area (Å²) in [6.07, 6.45) is 0.724. The van der Waals surface area contributed by atoms with Crippen LogP contribution in [0.15, 0.2) is 23.6 Å².